The Bertz CT molecular complexity index is 1040. The number of unbranched alkanes of at least 4 members (excludes halogenated alkanes) is 1. The first kappa shape index (κ1) is 33.8. The van der Waals surface area contributed by atoms with Crippen molar-refractivity contribution in [2.45, 2.75) is 65.0 Å². The Morgan fingerprint density at radius 1 is 1.10 bits per heavy atom. The second kappa shape index (κ2) is 17.3. The highest BCUT2D eigenvalue weighted by atomic mass is 16.6. The molecular formula is C25H40N8O7. The zero-order valence-electron chi connectivity index (χ0n) is 23.1. The van der Waals surface area contributed by atoms with E-state index in [4.69, 9.17) is 21.9 Å². The number of nitrogens with one attached hydrogen (secondary N) is 2. The number of carbonyl (C=O) groups excluding carboxylic acids is 4. The summed E-state index contributed by atoms with van der Waals surface area (Å²) in [5.41, 5.74) is 16.6. The van der Waals surface area contributed by atoms with E-state index < -0.39 is 47.4 Å². The summed E-state index contributed by atoms with van der Waals surface area (Å²) < 4.78 is 5.25. The molecule has 0 saturated heterocycles. The summed E-state index contributed by atoms with van der Waals surface area (Å²) in [6, 6.07) is 2.77. The van der Waals surface area contributed by atoms with Crippen LogP contribution in [0.15, 0.2) is 29.3 Å². The molecule has 15 heteroatoms. The second-order valence-corrected chi connectivity index (χ2v) is 9.44. The molecule has 2 atom stereocenters. The lowest BCUT2D eigenvalue weighted by Crippen LogP contribution is -2.54. The summed E-state index contributed by atoms with van der Waals surface area (Å²) in [7, 11) is 0. The van der Waals surface area contributed by atoms with Gasteiger partial charge in [0.05, 0.1) is 24.1 Å². The van der Waals surface area contributed by atoms with Crippen LogP contribution in [-0.2, 0) is 19.1 Å². The highest BCUT2D eigenvalue weighted by Gasteiger charge is 2.36. The lowest BCUT2D eigenvalue weighted by atomic mass is 10.0. The topological polar surface area (TPSA) is 238 Å². The Morgan fingerprint density at radius 3 is 2.30 bits per heavy atom. The van der Waals surface area contributed by atoms with E-state index in [0.717, 1.165) is 0 Å². The van der Waals surface area contributed by atoms with Crippen molar-refractivity contribution in [1.29, 1.82) is 0 Å². The molecule has 4 amide bonds. The van der Waals surface area contributed by atoms with Gasteiger partial charge in [0, 0.05) is 24.4 Å². The lowest BCUT2D eigenvalue weighted by Gasteiger charge is -2.29. The van der Waals surface area contributed by atoms with Crippen LogP contribution in [0.3, 0.4) is 0 Å². The number of aliphatic imine (C=N–C) groups is 1. The van der Waals surface area contributed by atoms with E-state index in [1.165, 1.54) is 24.3 Å². The van der Waals surface area contributed by atoms with Gasteiger partial charge >= 0.3 is 6.09 Å². The fourth-order valence-corrected chi connectivity index (χ4v) is 3.53. The number of benzene rings is 1. The minimum Gasteiger partial charge on any atom is -0.449 e. The van der Waals surface area contributed by atoms with Gasteiger partial charge in [0.15, 0.2) is 5.96 Å². The van der Waals surface area contributed by atoms with Crippen LogP contribution in [0.4, 0.5) is 16.2 Å². The predicted molar refractivity (Wildman–Crippen MR) is 149 cm³/mol. The van der Waals surface area contributed by atoms with Gasteiger partial charge in [-0.25, -0.2) is 9.69 Å². The molecule has 1 aromatic rings. The van der Waals surface area contributed by atoms with E-state index in [1.807, 2.05) is 20.8 Å². The van der Waals surface area contributed by atoms with Gasteiger partial charge < -0.3 is 32.6 Å². The van der Waals surface area contributed by atoms with Gasteiger partial charge in [0.25, 0.3) is 11.6 Å². The number of carbonyl (C=O) groups is 4. The fraction of sp³-hybridized carbons (Fsp3) is 0.560. The average molecular weight is 565 g/mol. The van der Waals surface area contributed by atoms with Crippen molar-refractivity contribution in [2.24, 2.45) is 28.1 Å². The maximum Gasteiger partial charge on any atom is 0.417 e. The van der Waals surface area contributed by atoms with Gasteiger partial charge in [0.1, 0.15) is 6.04 Å². The number of hydrogen-bond donors (Lipinski definition) is 5. The summed E-state index contributed by atoms with van der Waals surface area (Å²) in [6.07, 6.45) is 0.712. The summed E-state index contributed by atoms with van der Waals surface area (Å²) in [5.74, 6) is -2.26. The molecule has 0 saturated carbocycles. The first-order chi connectivity index (χ1) is 18.9. The summed E-state index contributed by atoms with van der Waals surface area (Å²) in [4.78, 5) is 67.0. The van der Waals surface area contributed by atoms with Crippen molar-refractivity contribution in [3.05, 3.63) is 34.4 Å². The zero-order valence-corrected chi connectivity index (χ0v) is 23.1. The molecule has 0 aliphatic heterocycles. The van der Waals surface area contributed by atoms with E-state index in [1.54, 1.807) is 0 Å². The highest BCUT2D eigenvalue weighted by Crippen LogP contribution is 2.18. The molecular weight excluding hydrogens is 524 g/mol. The molecule has 0 bridgehead atoms. The monoisotopic (exact) mass is 564 g/mol. The number of anilines is 1. The number of nitrogens with zero attached hydrogens (tertiary/aromatic N) is 3. The minimum atomic E-state index is -1.38. The SMILES string of the molecule is CCCCOC(=O)N(C(=O)CNC(=O)[C@@H](N)CC(C)C)[C@@H](CCCN=C(N)N)C(=O)Nc1ccc([N+](=O)[O-])cc1. The standard InChI is InChI=1S/C25H40N8O7/c1-4-5-13-40-25(37)32(21(34)15-30-22(35)19(26)14-16(2)3)20(7-6-12-29-24(27)28)23(36)31-17-8-10-18(11-9-17)33(38)39/h8-11,16,19-20H,4-7,12-15,26H2,1-3H3,(H,30,35)(H,31,36)(H4,27,28,29)/t19-,20-/m0/s1. The van der Waals surface area contributed by atoms with Crippen molar-refractivity contribution in [1.82, 2.24) is 10.2 Å². The summed E-state index contributed by atoms with van der Waals surface area (Å²) >= 11 is 0. The van der Waals surface area contributed by atoms with Crippen molar-refractivity contribution in [3.8, 4) is 0 Å². The predicted octanol–water partition coefficient (Wildman–Crippen LogP) is 1.21. The Morgan fingerprint density at radius 2 is 1.75 bits per heavy atom. The number of nitro benzene ring substituents is 1. The van der Waals surface area contributed by atoms with Gasteiger partial charge in [-0.15, -0.1) is 0 Å². The number of nitro groups is 1. The van der Waals surface area contributed by atoms with Gasteiger partial charge in [-0.2, -0.15) is 0 Å². The fourth-order valence-electron chi connectivity index (χ4n) is 3.53. The first-order valence-corrected chi connectivity index (χ1v) is 13.0. The molecule has 0 aliphatic rings. The molecule has 0 aliphatic carbocycles. The number of hydrogen-bond acceptors (Lipinski definition) is 9. The van der Waals surface area contributed by atoms with Crippen molar-refractivity contribution in [3.63, 3.8) is 0 Å². The molecule has 8 N–H and O–H groups in total. The Kier molecular flexibility index (Phi) is 14.6. The molecule has 0 aromatic heterocycles. The Labute approximate surface area is 233 Å². The maximum absolute atomic E-state index is 13.4. The van der Waals surface area contributed by atoms with Gasteiger partial charge in [-0.3, -0.25) is 29.5 Å². The zero-order chi connectivity index (χ0) is 30.2. The molecule has 1 aromatic carbocycles. The number of nitrogens with two attached hydrogens (primary N) is 3. The Hall–Kier alpha value is -4.27. The van der Waals surface area contributed by atoms with E-state index >= 15 is 0 Å². The van der Waals surface area contributed by atoms with E-state index in [9.17, 15) is 29.3 Å². The summed E-state index contributed by atoms with van der Waals surface area (Å²) in [6.45, 7) is 5.18. The molecule has 1 rings (SSSR count). The number of ether oxygens (including phenoxy) is 1. The maximum atomic E-state index is 13.4. The van der Waals surface area contributed by atoms with Crippen LogP contribution in [0.2, 0.25) is 0 Å². The third-order valence-corrected chi connectivity index (χ3v) is 5.55. The quantitative estimate of drug-likeness (QED) is 0.0632. The lowest BCUT2D eigenvalue weighted by molar-refractivity contribution is -0.384. The highest BCUT2D eigenvalue weighted by molar-refractivity contribution is 6.03. The first-order valence-electron chi connectivity index (χ1n) is 13.0. The van der Waals surface area contributed by atoms with E-state index in [2.05, 4.69) is 15.6 Å². The second-order valence-electron chi connectivity index (χ2n) is 9.44. The molecule has 0 heterocycles. The normalized spacial score (nSPS) is 12.1. The van der Waals surface area contributed by atoms with Crippen LogP contribution < -0.4 is 27.8 Å². The van der Waals surface area contributed by atoms with Crippen LogP contribution in [0.25, 0.3) is 0 Å². The third kappa shape index (κ3) is 12.1. The van der Waals surface area contributed by atoms with E-state index in [0.29, 0.717) is 24.2 Å². The summed E-state index contributed by atoms with van der Waals surface area (Å²) in [5, 5.41) is 15.9. The van der Waals surface area contributed by atoms with Crippen molar-refractivity contribution >= 4 is 41.1 Å². The molecule has 0 radical (unpaired) electrons. The van der Waals surface area contributed by atoms with E-state index in [-0.39, 0.29) is 49.2 Å². The minimum absolute atomic E-state index is 0.00935. The Balaban J connectivity index is 3.24. The smallest absolute Gasteiger partial charge is 0.417 e. The van der Waals surface area contributed by atoms with Gasteiger partial charge in [0.2, 0.25) is 11.8 Å². The molecule has 0 spiro atoms. The van der Waals surface area contributed by atoms with Crippen LogP contribution in [0.1, 0.15) is 52.9 Å². The number of guanidine groups is 1. The molecule has 15 nitrogen and oxygen atoms in total. The number of imide groups is 1. The largest absolute Gasteiger partial charge is 0.449 e. The number of non-ortho nitro benzene ring substituents is 1. The molecule has 0 fully saturated rings. The molecule has 222 valence electrons. The number of rotatable bonds is 16. The third-order valence-electron chi connectivity index (χ3n) is 5.55. The van der Waals surface area contributed by atoms with Crippen molar-refractivity contribution < 1.29 is 28.8 Å². The van der Waals surface area contributed by atoms with Crippen LogP contribution in [-0.4, -0.2) is 71.4 Å². The van der Waals surface area contributed by atoms with Crippen LogP contribution >= 0.6 is 0 Å². The average Bonchev–Trinajstić information content (AvgIpc) is 2.88. The van der Waals surface area contributed by atoms with Crippen LogP contribution in [0.5, 0.6) is 0 Å². The van der Waals surface area contributed by atoms with Crippen molar-refractivity contribution in [2.75, 3.05) is 25.0 Å². The van der Waals surface area contributed by atoms with Gasteiger partial charge in [-0.1, -0.05) is 27.2 Å². The molecule has 40 heavy (non-hydrogen) atoms. The number of amides is 4. The molecule has 0 unspecified atom stereocenters. The van der Waals surface area contributed by atoms with Gasteiger partial charge in [-0.05, 0) is 43.7 Å². The van der Waals surface area contributed by atoms with Crippen LogP contribution in [0, 0.1) is 16.0 Å².